The minimum atomic E-state index is -2.20. The summed E-state index contributed by atoms with van der Waals surface area (Å²) >= 11 is 0. The largest absolute Gasteiger partial charge is 0.505 e. The van der Waals surface area contributed by atoms with Crippen molar-refractivity contribution in [1.82, 2.24) is 0 Å². The van der Waals surface area contributed by atoms with Crippen molar-refractivity contribution < 1.29 is 14.6 Å². The molecular formula is C4H7NO3P+. The molecule has 50 valence electrons. The molecule has 0 saturated heterocycles. The van der Waals surface area contributed by atoms with Gasteiger partial charge in [0.05, 0.1) is 6.07 Å². The standard InChI is InChI=1S/C4H6NO3P/c5-3-4(6)1-2-9(7)8/h4,6H,1-2H2/p+1. The van der Waals surface area contributed by atoms with Gasteiger partial charge in [0.25, 0.3) is 0 Å². The van der Waals surface area contributed by atoms with Gasteiger partial charge in [0.1, 0.15) is 6.10 Å². The smallest absolute Gasteiger partial charge is 0.378 e. The van der Waals surface area contributed by atoms with Crippen LogP contribution in [0.3, 0.4) is 0 Å². The van der Waals surface area contributed by atoms with E-state index in [1.807, 2.05) is 0 Å². The zero-order chi connectivity index (χ0) is 7.28. The summed E-state index contributed by atoms with van der Waals surface area (Å²) in [5.41, 5.74) is 0. The third kappa shape index (κ3) is 5.38. The lowest BCUT2D eigenvalue weighted by Gasteiger charge is -1.89. The molecular weight excluding hydrogens is 141 g/mol. The fraction of sp³-hybridized carbons (Fsp3) is 0.750. The van der Waals surface area contributed by atoms with Gasteiger partial charge in [-0.2, -0.15) is 10.2 Å². The van der Waals surface area contributed by atoms with Crippen LogP contribution in [0, 0.1) is 11.3 Å². The molecule has 2 N–H and O–H groups in total. The molecule has 0 radical (unpaired) electrons. The molecule has 0 aliphatic heterocycles. The van der Waals surface area contributed by atoms with E-state index >= 15 is 0 Å². The number of aliphatic hydroxyl groups excluding tert-OH is 1. The molecule has 0 fully saturated rings. The summed E-state index contributed by atoms with van der Waals surface area (Å²) in [7, 11) is -2.20. The number of hydrogen-bond acceptors (Lipinski definition) is 3. The summed E-state index contributed by atoms with van der Waals surface area (Å²) < 4.78 is 9.95. The Balaban J connectivity index is 3.30. The van der Waals surface area contributed by atoms with Crippen LogP contribution in [-0.2, 0) is 4.57 Å². The molecule has 4 nitrogen and oxygen atoms in total. The Hall–Kier alpha value is -0.490. The van der Waals surface area contributed by atoms with E-state index in [0.29, 0.717) is 0 Å². The Kier molecular flexibility index (Phi) is 4.16. The molecule has 0 aliphatic rings. The zero-order valence-corrected chi connectivity index (χ0v) is 5.58. The first kappa shape index (κ1) is 8.51. The Morgan fingerprint density at radius 1 is 1.78 bits per heavy atom. The molecule has 0 saturated carbocycles. The van der Waals surface area contributed by atoms with E-state index in [1.54, 1.807) is 0 Å². The quantitative estimate of drug-likeness (QED) is 0.435. The van der Waals surface area contributed by atoms with Crippen LogP contribution in [0.4, 0.5) is 0 Å². The molecule has 0 amide bonds. The molecule has 0 aromatic heterocycles. The van der Waals surface area contributed by atoms with Gasteiger partial charge >= 0.3 is 8.03 Å². The molecule has 0 bridgehead atoms. The highest BCUT2D eigenvalue weighted by Crippen LogP contribution is 2.14. The van der Waals surface area contributed by atoms with Crippen LogP contribution in [0.1, 0.15) is 6.42 Å². The van der Waals surface area contributed by atoms with Crippen LogP contribution in [0.15, 0.2) is 0 Å². The van der Waals surface area contributed by atoms with Crippen LogP contribution in [0.25, 0.3) is 0 Å². The second-order valence-corrected chi connectivity index (χ2v) is 2.66. The van der Waals surface area contributed by atoms with Crippen LogP contribution in [0.5, 0.6) is 0 Å². The van der Waals surface area contributed by atoms with E-state index in [1.165, 1.54) is 6.07 Å². The van der Waals surface area contributed by atoms with Gasteiger partial charge in [-0.25, -0.2) is 0 Å². The first-order chi connectivity index (χ1) is 4.16. The number of rotatable bonds is 3. The molecule has 0 heterocycles. The summed E-state index contributed by atoms with van der Waals surface area (Å²) in [5, 5.41) is 16.5. The Morgan fingerprint density at radius 3 is 2.67 bits per heavy atom. The summed E-state index contributed by atoms with van der Waals surface area (Å²) in [6, 6.07) is 1.54. The van der Waals surface area contributed by atoms with Crippen molar-refractivity contribution in [2.45, 2.75) is 12.5 Å². The molecule has 2 atom stereocenters. The molecule has 2 unspecified atom stereocenters. The minimum absolute atomic E-state index is 0.00986. The van der Waals surface area contributed by atoms with Gasteiger partial charge in [0, 0.05) is 6.42 Å². The maximum atomic E-state index is 9.95. The van der Waals surface area contributed by atoms with Crippen molar-refractivity contribution in [3.05, 3.63) is 0 Å². The summed E-state index contributed by atoms with van der Waals surface area (Å²) in [5.74, 6) is 0. The van der Waals surface area contributed by atoms with E-state index in [4.69, 9.17) is 15.3 Å². The van der Waals surface area contributed by atoms with Gasteiger partial charge in [-0.3, -0.25) is 0 Å². The molecule has 0 spiro atoms. The Morgan fingerprint density at radius 2 is 2.33 bits per heavy atom. The maximum Gasteiger partial charge on any atom is 0.505 e. The fourth-order valence-electron chi connectivity index (χ4n) is 0.297. The normalized spacial score (nSPS) is 14.1. The third-order valence-corrected chi connectivity index (χ3v) is 1.38. The molecule has 0 rings (SSSR count). The summed E-state index contributed by atoms with van der Waals surface area (Å²) in [6.07, 6.45) is -1.04. The van der Waals surface area contributed by atoms with E-state index in [9.17, 15) is 4.57 Å². The molecule has 0 aliphatic carbocycles. The molecule has 5 heteroatoms. The van der Waals surface area contributed by atoms with Crippen molar-refractivity contribution in [2.75, 3.05) is 6.16 Å². The second-order valence-electron chi connectivity index (χ2n) is 1.51. The lowest BCUT2D eigenvalue weighted by molar-refractivity contribution is 0.226. The van der Waals surface area contributed by atoms with Crippen LogP contribution in [-0.4, -0.2) is 22.3 Å². The van der Waals surface area contributed by atoms with Gasteiger partial charge in [-0.1, -0.05) is 0 Å². The lowest BCUT2D eigenvalue weighted by Crippen LogP contribution is -2.02. The Labute approximate surface area is 53.6 Å². The average Bonchev–Trinajstić information content (AvgIpc) is 1.83. The van der Waals surface area contributed by atoms with Crippen LogP contribution in [0.2, 0.25) is 0 Å². The predicted octanol–water partition coefficient (Wildman–Crippen LogP) is -0.00432. The monoisotopic (exact) mass is 148 g/mol. The highest BCUT2D eigenvalue weighted by atomic mass is 31.1. The average molecular weight is 148 g/mol. The first-order valence-electron chi connectivity index (χ1n) is 2.38. The van der Waals surface area contributed by atoms with Crippen molar-refractivity contribution in [1.29, 1.82) is 5.26 Å². The van der Waals surface area contributed by atoms with Crippen molar-refractivity contribution in [3.8, 4) is 6.07 Å². The number of nitrogens with zero attached hydrogens (tertiary/aromatic N) is 1. The number of hydrogen-bond donors (Lipinski definition) is 2. The van der Waals surface area contributed by atoms with E-state index in [-0.39, 0.29) is 12.6 Å². The number of aliphatic hydroxyl groups is 1. The highest BCUT2D eigenvalue weighted by molar-refractivity contribution is 7.37. The van der Waals surface area contributed by atoms with Crippen molar-refractivity contribution >= 4 is 8.03 Å². The van der Waals surface area contributed by atoms with Gasteiger partial charge in [0.15, 0.2) is 6.16 Å². The van der Waals surface area contributed by atoms with Crippen molar-refractivity contribution in [2.24, 2.45) is 0 Å². The van der Waals surface area contributed by atoms with E-state index < -0.39 is 14.1 Å². The SMILES string of the molecule is N#CC(O)CC[P+](=O)O. The van der Waals surface area contributed by atoms with Gasteiger partial charge < -0.3 is 5.11 Å². The van der Waals surface area contributed by atoms with Gasteiger partial charge in [-0.05, 0) is 4.57 Å². The second kappa shape index (κ2) is 4.39. The highest BCUT2D eigenvalue weighted by Gasteiger charge is 2.13. The maximum absolute atomic E-state index is 9.95. The van der Waals surface area contributed by atoms with Crippen molar-refractivity contribution in [3.63, 3.8) is 0 Å². The molecule has 0 aromatic carbocycles. The van der Waals surface area contributed by atoms with Gasteiger partial charge in [-0.15, -0.1) is 0 Å². The predicted molar refractivity (Wildman–Crippen MR) is 30.9 cm³/mol. The Bertz CT molecular complexity index is 141. The topological polar surface area (TPSA) is 81.3 Å². The molecule has 9 heavy (non-hydrogen) atoms. The molecule has 0 aromatic rings. The third-order valence-electron chi connectivity index (χ3n) is 0.743. The summed E-state index contributed by atoms with van der Waals surface area (Å²) in [4.78, 5) is 8.19. The minimum Gasteiger partial charge on any atom is -0.378 e. The summed E-state index contributed by atoms with van der Waals surface area (Å²) in [6.45, 7) is 0. The fourth-order valence-corrected chi connectivity index (χ4v) is 0.763. The zero-order valence-electron chi connectivity index (χ0n) is 4.69. The van der Waals surface area contributed by atoms with E-state index in [2.05, 4.69) is 0 Å². The number of nitriles is 1. The van der Waals surface area contributed by atoms with Crippen LogP contribution >= 0.6 is 8.03 Å². The van der Waals surface area contributed by atoms with Gasteiger partial charge in [0.2, 0.25) is 0 Å². The first-order valence-corrected chi connectivity index (χ1v) is 3.78. The lowest BCUT2D eigenvalue weighted by atomic mass is 10.3. The van der Waals surface area contributed by atoms with E-state index in [0.717, 1.165) is 0 Å². The van der Waals surface area contributed by atoms with Crippen LogP contribution < -0.4 is 0 Å².